The Balaban J connectivity index is 0.000000174. The van der Waals surface area contributed by atoms with Gasteiger partial charge >= 0.3 is 37.9 Å². The van der Waals surface area contributed by atoms with Crippen molar-refractivity contribution in [1.82, 2.24) is 19.9 Å². The minimum Gasteiger partial charge on any atom is -0.467 e. The van der Waals surface area contributed by atoms with Crippen molar-refractivity contribution in [2.24, 2.45) is 0 Å². The maximum Gasteiger partial charge on any atom is -0.00235 e. The Bertz CT molecular complexity index is 174. The fraction of sp³-hybridized carbons (Fsp3) is 0. The Kier molecular flexibility index (Phi) is 11.8. The molecule has 68 valence electrons. The third kappa shape index (κ3) is 11.9. The number of H-pyrrole nitrogens is 2. The number of hydrogen-bond donors (Lipinski definition) is 2. The summed E-state index contributed by atoms with van der Waals surface area (Å²) in [5.74, 6) is 0. The van der Waals surface area contributed by atoms with E-state index in [-0.39, 0.29) is 0 Å². The second-order valence-corrected chi connectivity index (χ2v) is 5.21. The average molecular weight is 296 g/mol. The maximum atomic E-state index is 4.93. The summed E-state index contributed by atoms with van der Waals surface area (Å²) in [5, 5.41) is 0. The Morgan fingerprint density at radius 2 is 1.38 bits per heavy atom. The second-order valence-electron chi connectivity index (χ2n) is 1.47. The maximum absolute atomic E-state index is 4.93. The van der Waals surface area contributed by atoms with Crippen LogP contribution in [0.1, 0.15) is 0 Å². The molecule has 0 saturated heterocycles. The first-order valence-corrected chi connectivity index (χ1v) is 9.42. The Labute approximate surface area is 94.8 Å². The van der Waals surface area contributed by atoms with Gasteiger partial charge in [0.05, 0.1) is 0 Å². The molecule has 0 aromatic carbocycles. The van der Waals surface area contributed by atoms with Crippen LogP contribution in [0, 0.1) is 12.7 Å². The summed E-state index contributed by atoms with van der Waals surface area (Å²) in [4.78, 5) is 12.3. The standard InChI is InChI=1S/2C3H3N2.2ClH.Zr/c2*1-2-5-3-4-1;;;/h2*1-2H,(H,4,5);2*1H;/q2*-1;;;+4/p-2. The molecule has 0 radical (unpaired) electrons. The number of imidazole rings is 2. The summed E-state index contributed by atoms with van der Waals surface area (Å²) in [7, 11) is 9.87. The summed E-state index contributed by atoms with van der Waals surface area (Å²) >= 11 is -0.826. The molecule has 0 unspecified atom stereocenters. The van der Waals surface area contributed by atoms with Crippen LogP contribution in [-0.4, -0.2) is 19.9 Å². The molecule has 0 atom stereocenters. The topological polar surface area (TPSA) is 57.4 Å². The minimum atomic E-state index is -0.826. The van der Waals surface area contributed by atoms with Gasteiger partial charge in [0, 0.05) is 0 Å². The van der Waals surface area contributed by atoms with Gasteiger partial charge in [0.15, 0.2) is 0 Å². The fourth-order valence-corrected chi connectivity index (χ4v) is 0.373. The molecule has 7 heteroatoms. The molecule has 0 aliphatic heterocycles. The molecule has 0 spiro atoms. The van der Waals surface area contributed by atoms with Crippen LogP contribution in [-0.2, 0) is 20.8 Å². The smallest absolute Gasteiger partial charge is 0.00235 e. The molecule has 0 bridgehead atoms. The molecule has 0 saturated carbocycles. The molecule has 2 rings (SSSR count). The third-order valence-electron chi connectivity index (χ3n) is 0.723. The predicted molar refractivity (Wildman–Crippen MR) is 46.6 cm³/mol. The summed E-state index contributed by atoms with van der Waals surface area (Å²) in [6, 6.07) is 0. The van der Waals surface area contributed by atoms with E-state index in [1.165, 1.54) is 0 Å². The molecule has 0 amide bonds. The zero-order chi connectivity index (χ0) is 9.78. The van der Waals surface area contributed by atoms with E-state index in [4.69, 9.17) is 17.0 Å². The van der Waals surface area contributed by atoms with E-state index in [1.807, 2.05) is 0 Å². The normalized spacial score (nSPS) is 6.92. The van der Waals surface area contributed by atoms with Gasteiger partial charge in [0.2, 0.25) is 0 Å². The van der Waals surface area contributed by atoms with Crippen molar-refractivity contribution in [3.63, 3.8) is 0 Å². The van der Waals surface area contributed by atoms with Gasteiger partial charge in [0.25, 0.3) is 0 Å². The molecule has 0 aliphatic carbocycles. The van der Waals surface area contributed by atoms with E-state index in [9.17, 15) is 0 Å². The van der Waals surface area contributed by atoms with Crippen molar-refractivity contribution in [2.45, 2.75) is 0 Å². The summed E-state index contributed by atoms with van der Waals surface area (Å²) < 4.78 is 0. The van der Waals surface area contributed by atoms with Crippen molar-refractivity contribution in [1.29, 1.82) is 0 Å². The van der Waals surface area contributed by atoms with Gasteiger partial charge in [-0.25, -0.2) is 0 Å². The number of aromatic amines is 2. The number of nitrogens with one attached hydrogen (secondary N) is 2. The van der Waals surface area contributed by atoms with E-state index in [2.05, 4.69) is 32.6 Å². The zero-order valence-corrected chi connectivity index (χ0v) is 10.4. The Morgan fingerprint density at radius 1 is 1.00 bits per heavy atom. The van der Waals surface area contributed by atoms with Crippen molar-refractivity contribution < 1.29 is 20.8 Å². The predicted octanol–water partition coefficient (Wildman–Crippen LogP) is 1.80. The van der Waals surface area contributed by atoms with Crippen molar-refractivity contribution in [2.75, 3.05) is 0 Å². The van der Waals surface area contributed by atoms with Crippen LogP contribution in [0.25, 0.3) is 0 Å². The minimum absolute atomic E-state index is 0.826. The summed E-state index contributed by atoms with van der Waals surface area (Å²) in [6.07, 6.45) is 11.7. The zero-order valence-electron chi connectivity index (χ0n) is 6.46. The Hall–Kier alpha value is -0.117. The number of aromatic nitrogens is 4. The molecule has 4 nitrogen and oxygen atoms in total. The third-order valence-corrected chi connectivity index (χ3v) is 0.723. The summed E-state index contributed by atoms with van der Waals surface area (Å²) in [5.41, 5.74) is 0. The van der Waals surface area contributed by atoms with Gasteiger partial charge in [-0.2, -0.15) is 0 Å². The number of nitrogens with zero attached hydrogens (tertiary/aromatic N) is 2. The molecule has 0 fully saturated rings. The van der Waals surface area contributed by atoms with Gasteiger partial charge in [-0.3, -0.25) is 0 Å². The van der Waals surface area contributed by atoms with Gasteiger partial charge in [-0.15, -0.1) is 24.8 Å². The van der Waals surface area contributed by atoms with E-state index < -0.39 is 20.8 Å². The first-order chi connectivity index (χ1) is 6.41. The number of hydrogen-bond acceptors (Lipinski definition) is 2. The molecular formula is C6H6Cl2N4Zr. The molecule has 2 aromatic rings. The first-order valence-electron chi connectivity index (χ1n) is 3.09. The fourth-order valence-electron chi connectivity index (χ4n) is 0.373. The van der Waals surface area contributed by atoms with Crippen LogP contribution in [0.5, 0.6) is 0 Å². The molecule has 2 aromatic heterocycles. The van der Waals surface area contributed by atoms with E-state index in [0.29, 0.717) is 0 Å². The van der Waals surface area contributed by atoms with Crippen LogP contribution in [0.15, 0.2) is 24.8 Å². The molecule has 13 heavy (non-hydrogen) atoms. The van der Waals surface area contributed by atoms with Gasteiger partial charge in [0.1, 0.15) is 0 Å². The van der Waals surface area contributed by atoms with Crippen molar-refractivity contribution in [3.8, 4) is 0 Å². The second kappa shape index (κ2) is 11.9. The van der Waals surface area contributed by atoms with Crippen LogP contribution in [0.3, 0.4) is 0 Å². The molecule has 2 heterocycles. The monoisotopic (exact) mass is 294 g/mol. The SMILES string of the molecule is [Cl][Zr+2][Cl].[c-]1ncc[nH]1.[c-]1ncc[nH]1. The first kappa shape index (κ1) is 12.9. The largest absolute Gasteiger partial charge is 0.467 e. The van der Waals surface area contributed by atoms with Gasteiger partial charge < -0.3 is 19.9 Å². The van der Waals surface area contributed by atoms with Gasteiger partial charge in [-0.1, -0.05) is 0 Å². The number of rotatable bonds is 0. The quantitative estimate of drug-likeness (QED) is 0.728. The van der Waals surface area contributed by atoms with Crippen LogP contribution in [0.2, 0.25) is 0 Å². The molecular weight excluding hydrogens is 290 g/mol. The average Bonchev–Trinajstić information content (AvgIpc) is 2.85. The van der Waals surface area contributed by atoms with Crippen LogP contribution in [0.4, 0.5) is 0 Å². The van der Waals surface area contributed by atoms with E-state index in [0.717, 1.165) is 0 Å². The van der Waals surface area contributed by atoms with Crippen LogP contribution < -0.4 is 0 Å². The van der Waals surface area contributed by atoms with Crippen molar-refractivity contribution in [3.05, 3.63) is 37.4 Å². The van der Waals surface area contributed by atoms with Crippen molar-refractivity contribution >= 4 is 17.0 Å². The van der Waals surface area contributed by atoms with E-state index >= 15 is 0 Å². The molecule has 2 N–H and O–H groups in total. The summed E-state index contributed by atoms with van der Waals surface area (Å²) in [6.45, 7) is 0. The molecule has 0 aliphatic rings. The number of halogens is 2. The van der Waals surface area contributed by atoms with Gasteiger partial charge in [-0.05, 0) is 12.7 Å². The van der Waals surface area contributed by atoms with E-state index in [1.54, 1.807) is 24.8 Å². The van der Waals surface area contributed by atoms with Crippen LogP contribution >= 0.6 is 17.0 Å². The Morgan fingerprint density at radius 3 is 1.46 bits per heavy atom.